The summed E-state index contributed by atoms with van der Waals surface area (Å²) < 4.78 is 14.7. The third-order valence-corrected chi connectivity index (χ3v) is 1.65. The van der Waals surface area contributed by atoms with Crippen molar-refractivity contribution in [2.24, 2.45) is 5.73 Å². The average molecular weight is 205 g/mol. The predicted molar refractivity (Wildman–Crippen MR) is 51.9 cm³/mol. The highest BCUT2D eigenvalue weighted by molar-refractivity contribution is 5.75. The molecule has 5 nitrogen and oxygen atoms in total. The minimum absolute atomic E-state index is 0.246. The van der Waals surface area contributed by atoms with Crippen LogP contribution in [0.1, 0.15) is 13.3 Å². The molecule has 0 fully saturated rings. The molecule has 14 heavy (non-hydrogen) atoms. The first-order valence-corrected chi connectivity index (χ1v) is 4.71. The van der Waals surface area contributed by atoms with E-state index in [1.807, 2.05) is 6.92 Å². The summed E-state index contributed by atoms with van der Waals surface area (Å²) in [5.74, 6) is -0.372. The Balaban J connectivity index is 3.23. The van der Waals surface area contributed by atoms with Crippen molar-refractivity contribution in [3.8, 4) is 0 Å². The fraction of sp³-hybridized carbons (Fsp3) is 0.889. The summed E-state index contributed by atoms with van der Waals surface area (Å²) in [5.41, 5.74) is 5.44. The molecule has 0 amide bonds. The lowest BCUT2D eigenvalue weighted by Crippen LogP contribution is -2.32. The largest absolute Gasteiger partial charge is 0.462 e. The molecule has 0 saturated carbocycles. The molecule has 0 radical (unpaired) electrons. The summed E-state index contributed by atoms with van der Waals surface area (Å²) in [7, 11) is 1.60. The van der Waals surface area contributed by atoms with Crippen LogP contribution in [0.15, 0.2) is 0 Å². The first-order valence-electron chi connectivity index (χ1n) is 4.71. The number of carbonyl (C=O) groups excluding carboxylic acids is 1. The fourth-order valence-corrected chi connectivity index (χ4v) is 0.719. The molecular weight excluding hydrogens is 186 g/mol. The van der Waals surface area contributed by atoms with Crippen molar-refractivity contribution in [3.63, 3.8) is 0 Å². The van der Waals surface area contributed by atoms with Crippen molar-refractivity contribution in [3.05, 3.63) is 0 Å². The van der Waals surface area contributed by atoms with Crippen LogP contribution in [-0.2, 0) is 19.0 Å². The Morgan fingerprint density at radius 2 is 1.93 bits per heavy atom. The van der Waals surface area contributed by atoms with Crippen molar-refractivity contribution in [2.45, 2.75) is 19.4 Å². The lowest BCUT2D eigenvalue weighted by molar-refractivity contribution is -0.146. The Morgan fingerprint density at radius 3 is 2.50 bits per heavy atom. The van der Waals surface area contributed by atoms with E-state index in [1.54, 1.807) is 7.11 Å². The predicted octanol–water partition coefficient (Wildman–Crippen LogP) is -0.0701. The molecule has 0 aliphatic heterocycles. The van der Waals surface area contributed by atoms with Gasteiger partial charge in [-0.2, -0.15) is 0 Å². The second-order valence-electron chi connectivity index (χ2n) is 2.79. The molecular formula is C9H19NO4. The van der Waals surface area contributed by atoms with Crippen molar-refractivity contribution in [1.82, 2.24) is 0 Å². The van der Waals surface area contributed by atoms with Crippen molar-refractivity contribution in [2.75, 3.05) is 33.5 Å². The summed E-state index contributed by atoms with van der Waals surface area (Å²) in [5, 5.41) is 0. The van der Waals surface area contributed by atoms with Gasteiger partial charge in [-0.15, -0.1) is 0 Å². The third-order valence-electron chi connectivity index (χ3n) is 1.65. The zero-order valence-electron chi connectivity index (χ0n) is 8.82. The zero-order chi connectivity index (χ0) is 10.8. The van der Waals surface area contributed by atoms with Crippen molar-refractivity contribution >= 4 is 5.97 Å². The maximum atomic E-state index is 11.0. The van der Waals surface area contributed by atoms with Gasteiger partial charge in [0, 0.05) is 7.11 Å². The summed E-state index contributed by atoms with van der Waals surface area (Å²) in [4.78, 5) is 11.0. The first-order chi connectivity index (χ1) is 6.72. The van der Waals surface area contributed by atoms with Crippen LogP contribution in [-0.4, -0.2) is 45.5 Å². The van der Waals surface area contributed by atoms with Crippen molar-refractivity contribution in [1.29, 1.82) is 0 Å². The number of ether oxygens (including phenoxy) is 3. The lowest BCUT2D eigenvalue weighted by Gasteiger charge is -2.09. The van der Waals surface area contributed by atoms with Gasteiger partial charge in [0.2, 0.25) is 0 Å². The maximum Gasteiger partial charge on any atom is 0.322 e. The smallest absolute Gasteiger partial charge is 0.322 e. The van der Waals surface area contributed by atoms with Gasteiger partial charge in [-0.25, -0.2) is 0 Å². The molecule has 1 atom stereocenters. The molecule has 0 unspecified atom stereocenters. The first kappa shape index (κ1) is 13.4. The number of methoxy groups -OCH3 is 1. The van der Waals surface area contributed by atoms with E-state index in [0.717, 1.165) is 0 Å². The number of hydrogen-bond acceptors (Lipinski definition) is 5. The molecule has 0 aliphatic rings. The van der Waals surface area contributed by atoms with Gasteiger partial charge in [0.05, 0.1) is 19.8 Å². The van der Waals surface area contributed by atoms with E-state index in [0.29, 0.717) is 26.2 Å². The number of carbonyl (C=O) groups is 1. The molecule has 0 aliphatic carbocycles. The van der Waals surface area contributed by atoms with Gasteiger partial charge >= 0.3 is 5.97 Å². The Bertz CT molecular complexity index is 152. The van der Waals surface area contributed by atoms with Crippen LogP contribution in [0.2, 0.25) is 0 Å². The second kappa shape index (κ2) is 8.93. The Labute approximate surface area is 84.5 Å². The normalized spacial score (nSPS) is 12.5. The van der Waals surface area contributed by atoms with Gasteiger partial charge in [-0.05, 0) is 6.42 Å². The summed E-state index contributed by atoms with van der Waals surface area (Å²) in [6, 6.07) is -0.519. The molecule has 0 saturated heterocycles. The lowest BCUT2D eigenvalue weighted by atomic mass is 10.2. The standard InChI is InChI=1S/C9H19NO4/c1-3-8(10)9(11)14-7-6-13-5-4-12-2/h8H,3-7,10H2,1-2H3/t8-/m1/s1. The van der Waals surface area contributed by atoms with E-state index >= 15 is 0 Å². The van der Waals surface area contributed by atoms with E-state index in [4.69, 9.17) is 19.9 Å². The highest BCUT2D eigenvalue weighted by Gasteiger charge is 2.11. The topological polar surface area (TPSA) is 70.8 Å². The summed E-state index contributed by atoms with van der Waals surface area (Å²) in [6.07, 6.45) is 0.587. The van der Waals surface area contributed by atoms with E-state index < -0.39 is 6.04 Å². The van der Waals surface area contributed by atoms with E-state index in [2.05, 4.69) is 0 Å². The van der Waals surface area contributed by atoms with Crippen LogP contribution in [0.3, 0.4) is 0 Å². The zero-order valence-corrected chi connectivity index (χ0v) is 8.82. The van der Waals surface area contributed by atoms with Crippen LogP contribution in [0, 0.1) is 0 Å². The van der Waals surface area contributed by atoms with Gasteiger partial charge in [0.1, 0.15) is 12.6 Å². The Hall–Kier alpha value is -0.650. The Kier molecular flexibility index (Phi) is 8.51. The molecule has 0 spiro atoms. The van der Waals surface area contributed by atoms with E-state index in [-0.39, 0.29) is 12.6 Å². The van der Waals surface area contributed by atoms with Crippen LogP contribution >= 0.6 is 0 Å². The molecule has 0 aromatic carbocycles. The van der Waals surface area contributed by atoms with E-state index in [1.165, 1.54) is 0 Å². The highest BCUT2D eigenvalue weighted by atomic mass is 16.6. The molecule has 0 bridgehead atoms. The van der Waals surface area contributed by atoms with Gasteiger partial charge in [0.15, 0.2) is 0 Å². The van der Waals surface area contributed by atoms with E-state index in [9.17, 15) is 4.79 Å². The second-order valence-corrected chi connectivity index (χ2v) is 2.79. The van der Waals surface area contributed by atoms with Gasteiger partial charge in [-0.3, -0.25) is 4.79 Å². The molecule has 0 aromatic rings. The average Bonchev–Trinajstić information content (AvgIpc) is 2.21. The molecule has 0 aromatic heterocycles. The monoisotopic (exact) mass is 205 g/mol. The highest BCUT2D eigenvalue weighted by Crippen LogP contribution is 1.90. The van der Waals surface area contributed by atoms with Gasteiger partial charge < -0.3 is 19.9 Å². The molecule has 84 valence electrons. The maximum absolute atomic E-state index is 11.0. The molecule has 2 N–H and O–H groups in total. The van der Waals surface area contributed by atoms with Gasteiger partial charge in [-0.1, -0.05) is 6.92 Å². The fourth-order valence-electron chi connectivity index (χ4n) is 0.719. The van der Waals surface area contributed by atoms with Crippen molar-refractivity contribution < 1.29 is 19.0 Å². The van der Waals surface area contributed by atoms with Gasteiger partial charge in [0.25, 0.3) is 0 Å². The van der Waals surface area contributed by atoms with Crippen LogP contribution in [0.5, 0.6) is 0 Å². The van der Waals surface area contributed by atoms with Crippen LogP contribution in [0.25, 0.3) is 0 Å². The summed E-state index contributed by atoms with van der Waals surface area (Å²) in [6.45, 7) is 3.51. The Morgan fingerprint density at radius 1 is 1.29 bits per heavy atom. The number of nitrogens with two attached hydrogens (primary N) is 1. The van der Waals surface area contributed by atoms with Crippen LogP contribution < -0.4 is 5.73 Å². The number of hydrogen-bond donors (Lipinski definition) is 1. The SMILES string of the molecule is CC[C@@H](N)C(=O)OCCOCCOC. The minimum Gasteiger partial charge on any atom is -0.462 e. The number of esters is 1. The summed E-state index contributed by atoms with van der Waals surface area (Å²) >= 11 is 0. The quantitative estimate of drug-likeness (QED) is 0.443. The number of rotatable bonds is 8. The minimum atomic E-state index is -0.519. The third kappa shape index (κ3) is 6.82. The molecule has 0 rings (SSSR count). The molecule has 5 heteroatoms. The molecule has 0 heterocycles. The van der Waals surface area contributed by atoms with Crippen LogP contribution in [0.4, 0.5) is 0 Å².